The van der Waals surface area contributed by atoms with Gasteiger partial charge in [0, 0.05) is 24.6 Å². The van der Waals surface area contributed by atoms with E-state index in [0.717, 1.165) is 12.1 Å². The lowest BCUT2D eigenvalue weighted by molar-refractivity contribution is -0.111. The zero-order chi connectivity index (χ0) is 24.8. The predicted molar refractivity (Wildman–Crippen MR) is 124 cm³/mol. The normalized spacial score (nSPS) is 16.4. The number of nitrogens with zero attached hydrogens (tertiary/aromatic N) is 2. The van der Waals surface area contributed by atoms with E-state index in [1.165, 1.54) is 42.5 Å². The van der Waals surface area contributed by atoms with Crippen molar-refractivity contribution in [3.05, 3.63) is 72.1 Å². The third-order valence-corrected chi connectivity index (χ3v) is 4.89. The number of amides is 1. The molecule has 1 heterocycles. The smallest absolute Gasteiger partial charge is 0.247 e. The second-order valence-corrected chi connectivity index (χ2v) is 7.18. The first-order valence-corrected chi connectivity index (χ1v) is 10.1. The van der Waals surface area contributed by atoms with Crippen molar-refractivity contribution in [2.45, 2.75) is 12.5 Å². The minimum atomic E-state index is -0.705. The molecule has 2 aromatic rings. The summed E-state index contributed by atoms with van der Waals surface area (Å²) in [6.45, 7) is 3.69. The van der Waals surface area contributed by atoms with Crippen molar-refractivity contribution in [3.8, 4) is 5.75 Å². The number of hydrogen-bond acceptors (Lipinski definition) is 8. The van der Waals surface area contributed by atoms with Crippen LogP contribution < -0.4 is 32.8 Å². The van der Waals surface area contributed by atoms with Crippen LogP contribution in [0.5, 0.6) is 5.75 Å². The van der Waals surface area contributed by atoms with Gasteiger partial charge >= 0.3 is 0 Å². The van der Waals surface area contributed by atoms with Crippen molar-refractivity contribution in [1.82, 2.24) is 10.5 Å². The van der Waals surface area contributed by atoms with Gasteiger partial charge in [-0.1, -0.05) is 6.58 Å². The van der Waals surface area contributed by atoms with E-state index < -0.39 is 23.6 Å². The topological polar surface area (TPSA) is 153 Å². The lowest BCUT2D eigenvalue weighted by atomic mass is 10.0. The molecule has 2 aromatic carbocycles. The molecule has 1 amide bonds. The number of hydrogen-bond donors (Lipinski definition) is 5. The van der Waals surface area contributed by atoms with Gasteiger partial charge in [0.15, 0.2) is 0 Å². The van der Waals surface area contributed by atoms with Gasteiger partial charge in [0.1, 0.15) is 34.7 Å². The molecule has 3 rings (SSSR count). The summed E-state index contributed by atoms with van der Waals surface area (Å²) in [7, 11) is 1.43. The van der Waals surface area contributed by atoms with E-state index >= 15 is 0 Å². The molecule has 34 heavy (non-hydrogen) atoms. The van der Waals surface area contributed by atoms with Gasteiger partial charge in [-0.15, -0.1) is 0 Å². The summed E-state index contributed by atoms with van der Waals surface area (Å²) < 4.78 is 32.8. The van der Waals surface area contributed by atoms with E-state index in [1.54, 1.807) is 0 Å². The summed E-state index contributed by atoms with van der Waals surface area (Å²) in [6, 6.07) is 5.68. The van der Waals surface area contributed by atoms with Crippen LogP contribution in [0.25, 0.3) is 0 Å². The number of ether oxygens (including phenoxy) is 1. The standard InChI is InChI=1S/C22H25F2N7O3/c1-3-22(32)29-16-10-17(19(33-2)9-15(16)25)28-20(26)11-21(30-27)31-18(4-5-34-31)12-6-13(23)8-14(24)7-12/h3,6-11,18,30H,1,4-5,25,27H2,2H3,(H2,26,28)(H,29,32)/b21-11+/t18-/m1/s1. The number of nitrogen functional groups attached to an aromatic ring is 1. The van der Waals surface area contributed by atoms with Crippen molar-refractivity contribution in [1.29, 1.82) is 0 Å². The summed E-state index contributed by atoms with van der Waals surface area (Å²) in [5, 5.41) is 3.94. The van der Waals surface area contributed by atoms with E-state index in [9.17, 15) is 13.6 Å². The number of hydroxylamine groups is 2. The molecule has 1 aliphatic heterocycles. The van der Waals surface area contributed by atoms with Crippen molar-refractivity contribution in [2.75, 3.05) is 24.8 Å². The van der Waals surface area contributed by atoms with Gasteiger partial charge in [-0.05, 0) is 29.8 Å². The molecule has 180 valence electrons. The van der Waals surface area contributed by atoms with Crippen LogP contribution in [-0.4, -0.2) is 30.5 Å². The van der Waals surface area contributed by atoms with Crippen molar-refractivity contribution < 1.29 is 23.1 Å². The molecule has 10 nitrogen and oxygen atoms in total. The van der Waals surface area contributed by atoms with Gasteiger partial charge in [0.25, 0.3) is 0 Å². The molecule has 0 bridgehead atoms. The Hall–Kier alpha value is -4.16. The monoisotopic (exact) mass is 473 g/mol. The molecule has 0 radical (unpaired) electrons. The Balaban J connectivity index is 1.94. The number of benzene rings is 2. The Morgan fingerprint density at radius 2 is 2.00 bits per heavy atom. The number of anilines is 2. The molecule has 0 spiro atoms. The third-order valence-electron chi connectivity index (χ3n) is 4.89. The van der Waals surface area contributed by atoms with Gasteiger partial charge in [-0.3, -0.25) is 9.63 Å². The largest absolute Gasteiger partial charge is 0.494 e. The van der Waals surface area contributed by atoms with Crippen molar-refractivity contribution in [2.24, 2.45) is 16.6 Å². The molecule has 0 saturated carbocycles. The maximum Gasteiger partial charge on any atom is 0.247 e. The molecule has 8 N–H and O–H groups in total. The molecule has 1 saturated heterocycles. The zero-order valence-corrected chi connectivity index (χ0v) is 18.3. The lowest BCUT2D eigenvalue weighted by Gasteiger charge is -2.26. The number of hydrazine groups is 1. The highest BCUT2D eigenvalue weighted by atomic mass is 19.1. The number of halogens is 2. The molecule has 0 aromatic heterocycles. The lowest BCUT2D eigenvalue weighted by Crippen LogP contribution is -2.35. The third kappa shape index (κ3) is 5.60. The minimum Gasteiger partial charge on any atom is -0.494 e. The van der Waals surface area contributed by atoms with Crippen LogP contribution in [0.3, 0.4) is 0 Å². The average Bonchev–Trinajstić information content (AvgIpc) is 3.28. The highest BCUT2D eigenvalue weighted by molar-refractivity contribution is 6.02. The SMILES string of the molecule is C=CC(=O)Nc1cc(N=C(N)/C=C(\NN)N2OCC[C@@H]2c2cc(F)cc(F)c2)c(OC)cc1N. The fraction of sp³-hybridized carbons (Fsp3) is 0.182. The number of nitrogens with one attached hydrogen (secondary N) is 2. The highest BCUT2D eigenvalue weighted by Gasteiger charge is 2.30. The van der Waals surface area contributed by atoms with Gasteiger partial charge in [0.05, 0.1) is 31.1 Å². The van der Waals surface area contributed by atoms with Crippen LogP contribution in [0.2, 0.25) is 0 Å². The summed E-state index contributed by atoms with van der Waals surface area (Å²) in [5.41, 5.74) is 15.7. The molecule has 12 heteroatoms. The van der Waals surface area contributed by atoms with Gasteiger partial charge in [-0.2, -0.15) is 0 Å². The predicted octanol–water partition coefficient (Wildman–Crippen LogP) is 2.35. The summed E-state index contributed by atoms with van der Waals surface area (Å²) in [6.07, 6.45) is 2.93. The minimum absolute atomic E-state index is 0.0170. The van der Waals surface area contributed by atoms with Crippen LogP contribution in [-0.2, 0) is 9.63 Å². The molecular formula is C22H25F2N7O3. The van der Waals surface area contributed by atoms with E-state index in [2.05, 4.69) is 22.3 Å². The Kier molecular flexibility index (Phi) is 7.66. The Morgan fingerprint density at radius 3 is 2.62 bits per heavy atom. The highest BCUT2D eigenvalue weighted by Crippen LogP contribution is 2.36. The maximum atomic E-state index is 13.7. The van der Waals surface area contributed by atoms with Gasteiger partial charge in [-0.25, -0.2) is 24.7 Å². The van der Waals surface area contributed by atoms with Crippen LogP contribution in [0, 0.1) is 11.6 Å². The summed E-state index contributed by atoms with van der Waals surface area (Å²) in [5.74, 6) is 4.28. The number of nitrogens with two attached hydrogens (primary N) is 3. The number of rotatable bonds is 8. The first kappa shape index (κ1) is 24.5. The first-order valence-electron chi connectivity index (χ1n) is 10.1. The average molecular weight is 473 g/mol. The Labute approximate surface area is 194 Å². The number of amidine groups is 1. The van der Waals surface area contributed by atoms with Crippen LogP contribution >= 0.6 is 0 Å². The maximum absolute atomic E-state index is 13.7. The summed E-state index contributed by atoms with van der Waals surface area (Å²) in [4.78, 5) is 21.6. The van der Waals surface area contributed by atoms with Gasteiger partial charge < -0.3 is 26.9 Å². The molecule has 1 fully saturated rings. The Bertz CT molecular complexity index is 1130. The molecule has 0 aliphatic carbocycles. The van der Waals surface area contributed by atoms with Crippen LogP contribution in [0.15, 0.2) is 59.9 Å². The summed E-state index contributed by atoms with van der Waals surface area (Å²) >= 11 is 0. The quantitative estimate of drug-likeness (QED) is 0.0978. The number of aliphatic imine (C=N–C) groups is 1. The molecular weight excluding hydrogens is 448 g/mol. The number of carbonyl (C=O) groups is 1. The van der Waals surface area contributed by atoms with Crippen LogP contribution in [0.4, 0.5) is 25.8 Å². The van der Waals surface area contributed by atoms with Gasteiger partial charge in [0.2, 0.25) is 5.91 Å². The molecule has 0 unspecified atom stereocenters. The van der Waals surface area contributed by atoms with E-state index in [0.29, 0.717) is 17.7 Å². The Morgan fingerprint density at radius 1 is 1.29 bits per heavy atom. The van der Waals surface area contributed by atoms with Crippen molar-refractivity contribution >= 4 is 28.8 Å². The fourth-order valence-electron chi connectivity index (χ4n) is 3.38. The molecule has 1 atom stereocenters. The van der Waals surface area contributed by atoms with Crippen molar-refractivity contribution in [3.63, 3.8) is 0 Å². The van der Waals surface area contributed by atoms with E-state index in [-0.39, 0.29) is 35.3 Å². The second kappa shape index (κ2) is 10.6. The van der Waals surface area contributed by atoms with E-state index in [1.807, 2.05) is 0 Å². The second-order valence-electron chi connectivity index (χ2n) is 7.18. The van der Waals surface area contributed by atoms with E-state index in [4.69, 9.17) is 26.9 Å². The number of carbonyl (C=O) groups excluding carboxylic acids is 1. The fourth-order valence-corrected chi connectivity index (χ4v) is 3.38. The van der Waals surface area contributed by atoms with Crippen LogP contribution in [0.1, 0.15) is 18.0 Å². The number of methoxy groups -OCH3 is 1. The zero-order valence-electron chi connectivity index (χ0n) is 18.3. The first-order chi connectivity index (χ1) is 16.2. The molecule has 1 aliphatic rings.